The monoisotopic (exact) mass is 376 g/mol. The molecule has 0 aliphatic heterocycles. The average Bonchev–Trinajstić information content (AvgIpc) is 2.58. The van der Waals surface area contributed by atoms with E-state index in [1.807, 2.05) is 26.0 Å². The van der Waals surface area contributed by atoms with Gasteiger partial charge in [-0.2, -0.15) is 0 Å². The van der Waals surface area contributed by atoms with Gasteiger partial charge in [-0.1, -0.05) is 17.7 Å². The topological polar surface area (TPSA) is 81.5 Å². The number of benzene rings is 2. The fraction of sp³-hybridized carbons (Fsp3) is 0.316. The number of hydrogen-bond donors (Lipinski definition) is 1. The van der Waals surface area contributed by atoms with Gasteiger partial charge in [0.15, 0.2) is 0 Å². The number of nitro groups is 1. The Hall–Kier alpha value is -2.60. The zero-order chi connectivity index (χ0) is 19.3. The lowest BCUT2D eigenvalue weighted by molar-refractivity contribution is -0.384. The second-order valence-electron chi connectivity index (χ2n) is 6.15. The van der Waals surface area contributed by atoms with Crippen molar-refractivity contribution >= 4 is 28.9 Å². The predicted octanol–water partition coefficient (Wildman–Crippen LogP) is 4.97. The molecule has 0 aromatic heterocycles. The third-order valence-electron chi connectivity index (χ3n) is 3.85. The highest BCUT2D eigenvalue weighted by Gasteiger charge is 2.15. The lowest BCUT2D eigenvalue weighted by atomic mass is 10.1. The van der Waals surface area contributed by atoms with Crippen LogP contribution in [0.15, 0.2) is 30.3 Å². The molecular formula is C19H21ClN2O4. The highest BCUT2D eigenvalue weighted by Crippen LogP contribution is 2.27. The minimum Gasteiger partial charge on any atom is -0.494 e. The SMILES string of the molecule is Cc1ccc(NC(=O)CCCOc2cc(C)c(Cl)c(C)c2)c([N+](=O)[O-])c1. The molecule has 138 valence electrons. The number of aryl methyl sites for hydroxylation is 3. The van der Waals surface area contributed by atoms with Gasteiger partial charge in [0.1, 0.15) is 11.4 Å². The quantitative estimate of drug-likeness (QED) is 0.420. The summed E-state index contributed by atoms with van der Waals surface area (Å²) < 4.78 is 5.65. The van der Waals surface area contributed by atoms with E-state index < -0.39 is 4.92 Å². The van der Waals surface area contributed by atoms with Gasteiger partial charge in [0, 0.05) is 17.5 Å². The highest BCUT2D eigenvalue weighted by atomic mass is 35.5. The van der Waals surface area contributed by atoms with Crippen LogP contribution in [0.3, 0.4) is 0 Å². The minimum absolute atomic E-state index is 0.110. The van der Waals surface area contributed by atoms with Crippen LogP contribution in [0.1, 0.15) is 29.5 Å². The number of ether oxygens (including phenoxy) is 1. The van der Waals surface area contributed by atoms with E-state index in [1.54, 1.807) is 19.1 Å². The third-order valence-corrected chi connectivity index (χ3v) is 4.45. The first-order valence-corrected chi connectivity index (χ1v) is 8.60. The molecule has 0 radical (unpaired) electrons. The van der Waals surface area contributed by atoms with Gasteiger partial charge in [0.05, 0.1) is 11.5 Å². The molecule has 0 bridgehead atoms. The molecule has 0 spiro atoms. The third kappa shape index (κ3) is 5.20. The Bertz CT molecular complexity index is 813. The van der Waals surface area contributed by atoms with Gasteiger partial charge in [-0.25, -0.2) is 0 Å². The van der Waals surface area contributed by atoms with E-state index in [0.29, 0.717) is 18.8 Å². The molecule has 1 amide bonds. The Labute approximate surface area is 157 Å². The van der Waals surface area contributed by atoms with Crippen LogP contribution >= 0.6 is 11.6 Å². The Balaban J connectivity index is 1.86. The standard InChI is InChI=1S/C19H21ClN2O4/c1-12-6-7-16(17(9-12)22(24)25)21-18(23)5-4-8-26-15-10-13(2)19(20)14(3)11-15/h6-7,9-11H,4-5,8H2,1-3H3,(H,21,23). The maximum atomic E-state index is 12.0. The van der Waals surface area contributed by atoms with E-state index in [9.17, 15) is 14.9 Å². The van der Waals surface area contributed by atoms with Crippen molar-refractivity contribution in [2.24, 2.45) is 0 Å². The molecule has 0 aliphatic carbocycles. The van der Waals surface area contributed by atoms with Gasteiger partial charge >= 0.3 is 0 Å². The first-order chi connectivity index (χ1) is 12.3. The van der Waals surface area contributed by atoms with Crippen molar-refractivity contribution in [1.29, 1.82) is 0 Å². The molecule has 2 rings (SSSR count). The summed E-state index contributed by atoms with van der Waals surface area (Å²) in [6.45, 7) is 5.94. The molecular weight excluding hydrogens is 356 g/mol. The minimum atomic E-state index is -0.503. The maximum Gasteiger partial charge on any atom is 0.293 e. The summed E-state index contributed by atoms with van der Waals surface area (Å²) in [5, 5.41) is 14.4. The molecule has 2 aromatic rings. The number of hydrogen-bond acceptors (Lipinski definition) is 4. The molecule has 0 unspecified atom stereocenters. The van der Waals surface area contributed by atoms with Gasteiger partial charge in [-0.15, -0.1) is 0 Å². The van der Waals surface area contributed by atoms with E-state index >= 15 is 0 Å². The number of anilines is 1. The highest BCUT2D eigenvalue weighted by molar-refractivity contribution is 6.32. The molecule has 6 nitrogen and oxygen atoms in total. The van der Waals surface area contributed by atoms with Crippen LogP contribution in [0, 0.1) is 30.9 Å². The predicted molar refractivity (Wildman–Crippen MR) is 102 cm³/mol. The van der Waals surface area contributed by atoms with Crippen molar-refractivity contribution in [3.05, 3.63) is 62.2 Å². The number of nitrogens with one attached hydrogen (secondary N) is 1. The van der Waals surface area contributed by atoms with Crippen LogP contribution < -0.4 is 10.1 Å². The van der Waals surface area contributed by atoms with Gasteiger partial charge in [-0.05, 0) is 62.1 Å². The van der Waals surface area contributed by atoms with Crippen LogP contribution in [0.5, 0.6) is 5.75 Å². The van der Waals surface area contributed by atoms with Crippen molar-refractivity contribution in [1.82, 2.24) is 0 Å². The first kappa shape index (κ1) is 19.7. The molecule has 26 heavy (non-hydrogen) atoms. The van der Waals surface area contributed by atoms with E-state index in [-0.39, 0.29) is 23.7 Å². The summed E-state index contributed by atoms with van der Waals surface area (Å²) in [5.74, 6) is 0.419. The van der Waals surface area contributed by atoms with Crippen molar-refractivity contribution in [2.75, 3.05) is 11.9 Å². The summed E-state index contributed by atoms with van der Waals surface area (Å²) in [4.78, 5) is 22.6. The summed E-state index contributed by atoms with van der Waals surface area (Å²) >= 11 is 6.12. The molecule has 0 saturated carbocycles. The first-order valence-electron chi connectivity index (χ1n) is 8.22. The number of rotatable bonds is 7. The molecule has 0 fully saturated rings. The Morgan fingerprint density at radius 1 is 1.19 bits per heavy atom. The fourth-order valence-corrected chi connectivity index (χ4v) is 2.63. The van der Waals surface area contributed by atoms with Crippen LogP contribution in [0.4, 0.5) is 11.4 Å². The largest absolute Gasteiger partial charge is 0.494 e. The van der Waals surface area contributed by atoms with Gasteiger partial charge in [0.2, 0.25) is 5.91 Å². The van der Waals surface area contributed by atoms with Crippen LogP contribution in [0.2, 0.25) is 5.02 Å². The normalized spacial score (nSPS) is 10.5. The van der Waals surface area contributed by atoms with Crippen LogP contribution in [-0.2, 0) is 4.79 Å². The zero-order valence-electron chi connectivity index (χ0n) is 15.0. The summed E-state index contributed by atoms with van der Waals surface area (Å²) in [5.41, 5.74) is 2.73. The fourth-order valence-electron chi connectivity index (χ4n) is 2.52. The number of carbonyl (C=O) groups excluding carboxylic acids is 1. The lowest BCUT2D eigenvalue weighted by Crippen LogP contribution is -2.14. The van der Waals surface area contributed by atoms with Crippen molar-refractivity contribution in [3.8, 4) is 5.75 Å². The zero-order valence-corrected chi connectivity index (χ0v) is 15.7. The summed E-state index contributed by atoms with van der Waals surface area (Å²) in [6.07, 6.45) is 0.697. The summed E-state index contributed by atoms with van der Waals surface area (Å²) in [6, 6.07) is 8.40. The van der Waals surface area contributed by atoms with E-state index in [0.717, 1.165) is 21.7 Å². The lowest BCUT2D eigenvalue weighted by Gasteiger charge is -2.10. The molecule has 0 saturated heterocycles. The number of halogens is 1. The smallest absolute Gasteiger partial charge is 0.293 e. The van der Waals surface area contributed by atoms with Crippen LogP contribution in [0.25, 0.3) is 0 Å². The Morgan fingerprint density at radius 2 is 1.85 bits per heavy atom. The summed E-state index contributed by atoms with van der Waals surface area (Å²) in [7, 11) is 0. The number of carbonyl (C=O) groups is 1. The molecule has 7 heteroatoms. The molecule has 2 aromatic carbocycles. The second-order valence-corrected chi connectivity index (χ2v) is 6.53. The van der Waals surface area contributed by atoms with Crippen LogP contribution in [-0.4, -0.2) is 17.4 Å². The Morgan fingerprint density at radius 3 is 2.46 bits per heavy atom. The molecule has 0 atom stereocenters. The number of nitrogens with zero attached hydrogens (tertiary/aromatic N) is 1. The molecule has 0 aliphatic rings. The molecule has 1 N–H and O–H groups in total. The van der Waals surface area contributed by atoms with E-state index in [1.165, 1.54) is 6.07 Å². The second kappa shape index (κ2) is 8.67. The maximum absolute atomic E-state index is 12.0. The average molecular weight is 377 g/mol. The van der Waals surface area contributed by atoms with E-state index in [2.05, 4.69) is 5.32 Å². The number of amides is 1. The van der Waals surface area contributed by atoms with Crippen molar-refractivity contribution in [2.45, 2.75) is 33.6 Å². The number of nitro benzene ring substituents is 1. The van der Waals surface area contributed by atoms with Crippen molar-refractivity contribution in [3.63, 3.8) is 0 Å². The van der Waals surface area contributed by atoms with E-state index in [4.69, 9.17) is 16.3 Å². The van der Waals surface area contributed by atoms with Gasteiger partial charge in [0.25, 0.3) is 5.69 Å². The van der Waals surface area contributed by atoms with Gasteiger partial charge in [-0.3, -0.25) is 14.9 Å². The molecule has 0 heterocycles. The van der Waals surface area contributed by atoms with Crippen molar-refractivity contribution < 1.29 is 14.5 Å². The van der Waals surface area contributed by atoms with Gasteiger partial charge < -0.3 is 10.1 Å². The Kier molecular flexibility index (Phi) is 6.58.